The second-order valence-electron chi connectivity index (χ2n) is 7.52. The molecule has 0 N–H and O–H groups in total. The lowest BCUT2D eigenvalue weighted by Gasteiger charge is -2.25. The summed E-state index contributed by atoms with van der Waals surface area (Å²) in [6.07, 6.45) is 6.24. The number of aryl methyl sites for hydroxylation is 2. The van der Waals surface area contributed by atoms with Crippen molar-refractivity contribution in [2.45, 2.75) is 77.9 Å². The standard InChI is InChI=1S/C21H29N3OS/c1-13-11-19(16(4)15(3)14(13)2)20(25)12-26-21-23-22-17(5)24(21)18-9-7-6-8-10-18/h11,18H,6-10,12H2,1-5H3. The molecule has 4 nitrogen and oxygen atoms in total. The maximum Gasteiger partial charge on any atom is 0.191 e. The van der Waals surface area contributed by atoms with Gasteiger partial charge in [-0.1, -0.05) is 31.0 Å². The lowest BCUT2D eigenvalue weighted by molar-refractivity contribution is 0.102. The molecule has 26 heavy (non-hydrogen) atoms. The molecule has 0 aliphatic heterocycles. The fourth-order valence-electron chi connectivity index (χ4n) is 3.92. The van der Waals surface area contributed by atoms with Gasteiger partial charge in [0.05, 0.1) is 5.75 Å². The van der Waals surface area contributed by atoms with E-state index < -0.39 is 0 Å². The summed E-state index contributed by atoms with van der Waals surface area (Å²) in [6.45, 7) is 10.4. The summed E-state index contributed by atoms with van der Waals surface area (Å²) >= 11 is 1.53. The zero-order valence-corrected chi connectivity index (χ0v) is 17.4. The summed E-state index contributed by atoms with van der Waals surface area (Å²) in [5, 5.41) is 9.52. The zero-order valence-electron chi connectivity index (χ0n) is 16.6. The van der Waals surface area contributed by atoms with Gasteiger partial charge in [-0.25, -0.2) is 0 Å². The molecule has 0 bridgehead atoms. The second-order valence-corrected chi connectivity index (χ2v) is 8.46. The highest BCUT2D eigenvalue weighted by Gasteiger charge is 2.22. The first kappa shape index (κ1) is 19.2. The average molecular weight is 372 g/mol. The van der Waals surface area contributed by atoms with Gasteiger partial charge in [-0.3, -0.25) is 4.79 Å². The fraction of sp³-hybridized carbons (Fsp3) is 0.571. The fourth-order valence-corrected chi connectivity index (χ4v) is 4.85. The predicted octanol–water partition coefficient (Wildman–Crippen LogP) is 5.30. The van der Waals surface area contributed by atoms with Crippen molar-refractivity contribution in [3.05, 3.63) is 39.7 Å². The van der Waals surface area contributed by atoms with Crippen LogP contribution in [0.15, 0.2) is 11.2 Å². The SMILES string of the molecule is Cc1cc(C(=O)CSc2nnc(C)n2C2CCCCC2)c(C)c(C)c1C. The number of thioether (sulfide) groups is 1. The quantitative estimate of drug-likeness (QED) is 0.528. The molecule has 0 unspecified atom stereocenters. The molecule has 5 heteroatoms. The number of hydrogen-bond donors (Lipinski definition) is 0. The summed E-state index contributed by atoms with van der Waals surface area (Å²) in [7, 11) is 0. The third kappa shape index (κ3) is 3.73. The van der Waals surface area contributed by atoms with Crippen molar-refractivity contribution in [2.75, 3.05) is 5.75 Å². The van der Waals surface area contributed by atoms with E-state index in [2.05, 4.69) is 35.5 Å². The van der Waals surface area contributed by atoms with Gasteiger partial charge in [-0.05, 0) is 75.8 Å². The van der Waals surface area contributed by atoms with Crippen LogP contribution in [0.2, 0.25) is 0 Å². The Morgan fingerprint density at radius 3 is 2.42 bits per heavy atom. The molecule has 1 saturated carbocycles. The van der Waals surface area contributed by atoms with Crippen molar-refractivity contribution in [1.82, 2.24) is 14.8 Å². The summed E-state index contributed by atoms with van der Waals surface area (Å²) in [5.41, 5.74) is 5.63. The molecule has 0 saturated heterocycles. The van der Waals surface area contributed by atoms with Crippen LogP contribution >= 0.6 is 11.8 Å². The Morgan fingerprint density at radius 1 is 1.04 bits per heavy atom. The number of carbonyl (C=O) groups excluding carboxylic acids is 1. The predicted molar refractivity (Wildman–Crippen MR) is 107 cm³/mol. The van der Waals surface area contributed by atoms with Gasteiger partial charge >= 0.3 is 0 Å². The van der Waals surface area contributed by atoms with Crippen LogP contribution in [0.3, 0.4) is 0 Å². The molecule has 3 rings (SSSR count). The van der Waals surface area contributed by atoms with E-state index >= 15 is 0 Å². The van der Waals surface area contributed by atoms with Gasteiger partial charge in [0.15, 0.2) is 10.9 Å². The normalized spacial score (nSPS) is 15.4. The number of carbonyl (C=O) groups is 1. The van der Waals surface area contributed by atoms with Crippen molar-refractivity contribution in [3.63, 3.8) is 0 Å². The van der Waals surface area contributed by atoms with E-state index in [1.165, 1.54) is 60.6 Å². The van der Waals surface area contributed by atoms with Gasteiger partial charge < -0.3 is 4.57 Å². The molecular formula is C21H29N3OS. The van der Waals surface area contributed by atoms with Crippen molar-refractivity contribution in [1.29, 1.82) is 0 Å². The van der Waals surface area contributed by atoms with Gasteiger partial charge in [0.25, 0.3) is 0 Å². The lowest BCUT2D eigenvalue weighted by atomic mass is 9.93. The Balaban J connectivity index is 1.77. The number of nitrogens with zero attached hydrogens (tertiary/aromatic N) is 3. The first-order valence-electron chi connectivity index (χ1n) is 9.55. The Labute approximate surface area is 160 Å². The largest absolute Gasteiger partial charge is 0.303 e. The molecule has 2 aromatic rings. The minimum absolute atomic E-state index is 0.176. The molecule has 0 atom stereocenters. The van der Waals surface area contributed by atoms with E-state index in [1.54, 1.807) is 0 Å². The van der Waals surface area contributed by atoms with E-state index in [1.807, 2.05) is 19.9 Å². The number of rotatable bonds is 5. The number of aromatic nitrogens is 3. The molecule has 1 aliphatic carbocycles. The van der Waals surface area contributed by atoms with Crippen LogP contribution in [-0.4, -0.2) is 26.3 Å². The van der Waals surface area contributed by atoms with Crippen molar-refractivity contribution in [2.24, 2.45) is 0 Å². The van der Waals surface area contributed by atoms with E-state index in [-0.39, 0.29) is 5.78 Å². The molecule has 1 heterocycles. The first-order chi connectivity index (χ1) is 12.4. The van der Waals surface area contributed by atoms with Crippen molar-refractivity contribution < 1.29 is 4.79 Å². The highest BCUT2D eigenvalue weighted by molar-refractivity contribution is 7.99. The van der Waals surface area contributed by atoms with E-state index in [0.29, 0.717) is 11.8 Å². The second kappa shape index (κ2) is 7.95. The van der Waals surface area contributed by atoms with Gasteiger partial charge in [0, 0.05) is 11.6 Å². The van der Waals surface area contributed by atoms with Gasteiger partial charge in [0.1, 0.15) is 5.82 Å². The minimum Gasteiger partial charge on any atom is -0.303 e. The smallest absolute Gasteiger partial charge is 0.191 e. The zero-order chi connectivity index (χ0) is 18.8. The molecule has 140 valence electrons. The van der Waals surface area contributed by atoms with Crippen LogP contribution in [0, 0.1) is 34.6 Å². The molecular weight excluding hydrogens is 342 g/mol. The summed E-state index contributed by atoms with van der Waals surface area (Å²) < 4.78 is 2.26. The number of benzene rings is 1. The Bertz CT molecular complexity index is 819. The molecule has 0 radical (unpaired) electrons. The molecule has 1 aromatic heterocycles. The van der Waals surface area contributed by atoms with Crippen LogP contribution in [0.25, 0.3) is 0 Å². The highest BCUT2D eigenvalue weighted by atomic mass is 32.2. The maximum absolute atomic E-state index is 12.9. The van der Waals surface area contributed by atoms with Crippen LogP contribution in [0.1, 0.15) is 76.6 Å². The topological polar surface area (TPSA) is 47.8 Å². The monoisotopic (exact) mass is 371 g/mol. The van der Waals surface area contributed by atoms with Gasteiger partial charge in [-0.15, -0.1) is 10.2 Å². The maximum atomic E-state index is 12.9. The molecule has 1 aliphatic rings. The summed E-state index contributed by atoms with van der Waals surface area (Å²) in [4.78, 5) is 12.9. The van der Waals surface area contributed by atoms with Crippen LogP contribution in [-0.2, 0) is 0 Å². The van der Waals surface area contributed by atoms with E-state index in [0.717, 1.165) is 22.1 Å². The van der Waals surface area contributed by atoms with Crippen molar-refractivity contribution in [3.8, 4) is 0 Å². The number of hydrogen-bond acceptors (Lipinski definition) is 4. The summed E-state index contributed by atoms with van der Waals surface area (Å²) in [5.74, 6) is 1.55. The van der Waals surface area contributed by atoms with Crippen molar-refractivity contribution >= 4 is 17.5 Å². The number of Topliss-reactive ketones (excluding diaryl/α,β-unsaturated/α-hetero) is 1. The molecule has 1 aromatic carbocycles. The first-order valence-corrected chi connectivity index (χ1v) is 10.5. The molecule has 1 fully saturated rings. The highest BCUT2D eigenvalue weighted by Crippen LogP contribution is 2.33. The van der Waals surface area contributed by atoms with Crippen LogP contribution in [0.4, 0.5) is 0 Å². The van der Waals surface area contributed by atoms with Crippen LogP contribution < -0.4 is 0 Å². The Hall–Kier alpha value is -1.62. The van der Waals surface area contributed by atoms with E-state index in [4.69, 9.17) is 0 Å². The summed E-state index contributed by atoms with van der Waals surface area (Å²) in [6, 6.07) is 2.53. The minimum atomic E-state index is 0.176. The third-order valence-electron chi connectivity index (χ3n) is 5.89. The number of ketones is 1. The molecule has 0 spiro atoms. The Kier molecular flexibility index (Phi) is 5.86. The van der Waals surface area contributed by atoms with Crippen LogP contribution in [0.5, 0.6) is 0 Å². The van der Waals surface area contributed by atoms with Gasteiger partial charge in [0.2, 0.25) is 0 Å². The third-order valence-corrected chi connectivity index (χ3v) is 6.83. The Morgan fingerprint density at radius 2 is 1.73 bits per heavy atom. The molecule has 0 amide bonds. The van der Waals surface area contributed by atoms with E-state index in [9.17, 15) is 4.79 Å². The lowest BCUT2D eigenvalue weighted by Crippen LogP contribution is -2.16. The average Bonchev–Trinajstić information content (AvgIpc) is 3.02. The van der Waals surface area contributed by atoms with Gasteiger partial charge in [-0.2, -0.15) is 0 Å².